The second-order valence-corrected chi connectivity index (χ2v) is 8.27. The van der Waals surface area contributed by atoms with Crippen LogP contribution in [0.3, 0.4) is 0 Å². The van der Waals surface area contributed by atoms with Crippen molar-refractivity contribution >= 4 is 28.7 Å². The molecular formula is C26H22N2O3S. The Kier molecular flexibility index (Phi) is 6.72. The van der Waals surface area contributed by atoms with Gasteiger partial charge in [0.25, 0.3) is 0 Å². The molecule has 160 valence electrons. The molecule has 0 bridgehead atoms. The Morgan fingerprint density at radius 1 is 0.906 bits per heavy atom. The Morgan fingerprint density at radius 2 is 1.59 bits per heavy atom. The molecule has 32 heavy (non-hydrogen) atoms. The van der Waals surface area contributed by atoms with Crippen LogP contribution in [-0.4, -0.2) is 16.7 Å². The first-order valence-electron chi connectivity index (χ1n) is 10.2. The number of hydrogen-bond acceptors (Lipinski definition) is 5. The predicted molar refractivity (Wildman–Crippen MR) is 126 cm³/mol. The number of aromatic nitrogens is 1. The van der Waals surface area contributed by atoms with E-state index in [1.54, 1.807) is 36.4 Å². The fourth-order valence-electron chi connectivity index (χ4n) is 3.09. The van der Waals surface area contributed by atoms with Gasteiger partial charge in [-0.05, 0) is 43.3 Å². The van der Waals surface area contributed by atoms with Gasteiger partial charge < -0.3 is 10.1 Å². The number of carbonyl (C=O) groups is 2. The van der Waals surface area contributed by atoms with E-state index in [9.17, 15) is 9.59 Å². The second-order valence-electron chi connectivity index (χ2n) is 7.33. The van der Waals surface area contributed by atoms with E-state index >= 15 is 0 Å². The molecular weight excluding hydrogens is 420 g/mol. The summed E-state index contributed by atoms with van der Waals surface area (Å²) in [6, 6.07) is 23.9. The Hall–Kier alpha value is -3.77. The van der Waals surface area contributed by atoms with Gasteiger partial charge in [0.15, 0.2) is 5.78 Å². The molecule has 0 spiro atoms. The van der Waals surface area contributed by atoms with E-state index in [-0.39, 0.29) is 18.1 Å². The molecule has 1 aromatic heterocycles. The van der Waals surface area contributed by atoms with Gasteiger partial charge in [0.05, 0.1) is 12.1 Å². The van der Waals surface area contributed by atoms with Gasteiger partial charge in [-0.2, -0.15) is 0 Å². The molecule has 0 saturated carbocycles. The Morgan fingerprint density at radius 3 is 2.31 bits per heavy atom. The molecule has 4 rings (SSSR count). The van der Waals surface area contributed by atoms with Crippen molar-refractivity contribution in [2.24, 2.45) is 0 Å². The monoisotopic (exact) mass is 442 g/mol. The number of nitrogens with one attached hydrogen (secondary N) is 1. The van der Waals surface area contributed by atoms with Crippen molar-refractivity contribution in [3.8, 4) is 5.75 Å². The van der Waals surface area contributed by atoms with Crippen LogP contribution in [0.25, 0.3) is 0 Å². The van der Waals surface area contributed by atoms with Crippen LogP contribution in [0.15, 0.2) is 84.2 Å². The number of nitrogens with zero attached hydrogens (tertiary/aromatic N) is 1. The summed E-state index contributed by atoms with van der Waals surface area (Å²) in [5, 5.41) is 5.50. The smallest absolute Gasteiger partial charge is 0.231 e. The Bertz CT molecular complexity index is 1200. The largest absolute Gasteiger partial charge is 0.487 e. The van der Waals surface area contributed by atoms with E-state index in [1.807, 2.05) is 54.8 Å². The third-order valence-corrected chi connectivity index (χ3v) is 5.68. The zero-order valence-corrected chi connectivity index (χ0v) is 18.4. The quantitative estimate of drug-likeness (QED) is 0.369. The maximum Gasteiger partial charge on any atom is 0.231 e. The Balaban J connectivity index is 1.29. The van der Waals surface area contributed by atoms with Crippen LogP contribution in [0.4, 0.5) is 5.69 Å². The third kappa shape index (κ3) is 5.68. The molecule has 3 aromatic carbocycles. The molecule has 1 heterocycles. The number of anilines is 1. The van der Waals surface area contributed by atoms with Gasteiger partial charge in [0, 0.05) is 22.2 Å². The van der Waals surface area contributed by atoms with E-state index in [0.717, 1.165) is 22.0 Å². The highest BCUT2D eigenvalue weighted by molar-refractivity contribution is 7.09. The maximum absolute atomic E-state index is 12.5. The van der Waals surface area contributed by atoms with Gasteiger partial charge in [-0.3, -0.25) is 9.59 Å². The number of ketones is 1. The summed E-state index contributed by atoms with van der Waals surface area (Å²) in [5.74, 6) is 0.529. The number of benzene rings is 3. The minimum absolute atomic E-state index is 0.0230. The minimum atomic E-state index is -0.102. The molecule has 0 unspecified atom stereocenters. The summed E-state index contributed by atoms with van der Waals surface area (Å²) >= 11 is 1.43. The predicted octanol–water partition coefficient (Wildman–Crippen LogP) is 5.44. The van der Waals surface area contributed by atoms with Crippen LogP contribution in [0.5, 0.6) is 5.75 Å². The average molecular weight is 443 g/mol. The lowest BCUT2D eigenvalue weighted by atomic mass is 10.0. The third-order valence-electron chi connectivity index (χ3n) is 4.79. The lowest BCUT2D eigenvalue weighted by Crippen LogP contribution is -2.14. The SMILES string of the molecule is Cc1ccc(NC(=O)Cc2nc(COc3ccc(C(=O)c4ccccc4)cc3)cs2)cc1. The highest BCUT2D eigenvalue weighted by atomic mass is 32.1. The number of rotatable bonds is 8. The molecule has 0 aliphatic carbocycles. The number of carbonyl (C=O) groups excluding carboxylic acids is 2. The van der Waals surface area contributed by atoms with Crippen molar-refractivity contribution in [2.75, 3.05) is 5.32 Å². The van der Waals surface area contributed by atoms with E-state index in [0.29, 0.717) is 23.5 Å². The molecule has 0 saturated heterocycles. The van der Waals surface area contributed by atoms with Crippen LogP contribution in [-0.2, 0) is 17.8 Å². The first-order valence-corrected chi connectivity index (χ1v) is 11.1. The lowest BCUT2D eigenvalue weighted by molar-refractivity contribution is -0.115. The van der Waals surface area contributed by atoms with E-state index in [1.165, 1.54) is 11.3 Å². The summed E-state index contributed by atoms with van der Waals surface area (Å²) in [5.41, 5.74) is 3.94. The van der Waals surface area contributed by atoms with E-state index < -0.39 is 0 Å². The van der Waals surface area contributed by atoms with Gasteiger partial charge in [-0.25, -0.2) is 4.98 Å². The first-order chi connectivity index (χ1) is 15.6. The summed E-state index contributed by atoms with van der Waals surface area (Å²) in [7, 11) is 0. The van der Waals surface area contributed by atoms with Crippen LogP contribution in [0, 0.1) is 6.92 Å². The minimum Gasteiger partial charge on any atom is -0.487 e. The van der Waals surface area contributed by atoms with Gasteiger partial charge >= 0.3 is 0 Å². The molecule has 0 aliphatic heterocycles. The Labute approximate surface area is 190 Å². The molecule has 0 fully saturated rings. The highest BCUT2D eigenvalue weighted by Gasteiger charge is 2.10. The van der Waals surface area contributed by atoms with Crippen molar-refractivity contribution in [1.29, 1.82) is 0 Å². The lowest BCUT2D eigenvalue weighted by Gasteiger charge is -2.06. The van der Waals surface area contributed by atoms with Crippen LogP contribution < -0.4 is 10.1 Å². The molecule has 6 heteroatoms. The summed E-state index contributed by atoms with van der Waals surface area (Å²) in [6.07, 6.45) is 0.217. The molecule has 0 aliphatic rings. The fourth-order valence-corrected chi connectivity index (χ4v) is 3.87. The summed E-state index contributed by atoms with van der Waals surface area (Å²) in [6.45, 7) is 2.30. The molecule has 4 aromatic rings. The molecule has 1 N–H and O–H groups in total. The zero-order valence-electron chi connectivity index (χ0n) is 17.6. The van der Waals surface area contributed by atoms with Gasteiger partial charge in [0.2, 0.25) is 5.91 Å². The number of aryl methyl sites for hydroxylation is 1. The van der Waals surface area contributed by atoms with Gasteiger partial charge in [0.1, 0.15) is 17.4 Å². The highest BCUT2D eigenvalue weighted by Crippen LogP contribution is 2.18. The van der Waals surface area contributed by atoms with Crippen molar-refractivity contribution in [2.45, 2.75) is 20.0 Å². The molecule has 0 radical (unpaired) electrons. The van der Waals surface area contributed by atoms with Gasteiger partial charge in [-0.1, -0.05) is 48.0 Å². The number of amides is 1. The number of thiazole rings is 1. The molecule has 0 atom stereocenters. The number of ether oxygens (including phenoxy) is 1. The average Bonchev–Trinajstić information content (AvgIpc) is 3.27. The van der Waals surface area contributed by atoms with Crippen molar-refractivity contribution < 1.29 is 14.3 Å². The maximum atomic E-state index is 12.5. The van der Waals surface area contributed by atoms with E-state index in [4.69, 9.17) is 4.74 Å². The normalized spacial score (nSPS) is 10.5. The van der Waals surface area contributed by atoms with Crippen molar-refractivity contribution in [1.82, 2.24) is 4.98 Å². The zero-order chi connectivity index (χ0) is 22.3. The van der Waals surface area contributed by atoms with Crippen LogP contribution >= 0.6 is 11.3 Å². The molecule has 5 nitrogen and oxygen atoms in total. The van der Waals surface area contributed by atoms with Crippen LogP contribution in [0.1, 0.15) is 32.2 Å². The summed E-state index contributed by atoms with van der Waals surface area (Å²) < 4.78 is 5.79. The topological polar surface area (TPSA) is 68.3 Å². The number of hydrogen-bond donors (Lipinski definition) is 1. The van der Waals surface area contributed by atoms with Crippen LogP contribution in [0.2, 0.25) is 0 Å². The second kappa shape index (κ2) is 10.0. The van der Waals surface area contributed by atoms with Crippen molar-refractivity contribution in [3.05, 3.63) is 112 Å². The summed E-state index contributed by atoms with van der Waals surface area (Å²) in [4.78, 5) is 29.2. The van der Waals surface area contributed by atoms with E-state index in [2.05, 4.69) is 10.3 Å². The molecule has 1 amide bonds. The fraction of sp³-hybridized carbons (Fsp3) is 0.115. The van der Waals surface area contributed by atoms with Crippen molar-refractivity contribution in [3.63, 3.8) is 0 Å². The standard InChI is InChI=1S/C26H22N2O3S/c1-18-7-11-21(12-8-18)27-24(29)15-25-28-22(17-32-25)16-31-23-13-9-20(10-14-23)26(30)19-5-3-2-4-6-19/h2-14,17H,15-16H2,1H3,(H,27,29). The first kappa shape index (κ1) is 21.5. The van der Waals surface area contributed by atoms with Gasteiger partial charge in [-0.15, -0.1) is 11.3 Å².